The van der Waals surface area contributed by atoms with Gasteiger partial charge in [-0.3, -0.25) is 14.5 Å². The third-order valence-electron chi connectivity index (χ3n) is 4.78. The summed E-state index contributed by atoms with van der Waals surface area (Å²) >= 11 is 0. The molecule has 0 aliphatic carbocycles. The number of hydrogen-bond acceptors (Lipinski definition) is 4. The van der Waals surface area contributed by atoms with E-state index in [0.717, 1.165) is 41.6 Å². The Balaban J connectivity index is 1.88. The fourth-order valence-corrected chi connectivity index (χ4v) is 3.25. The van der Waals surface area contributed by atoms with Crippen LogP contribution in [0, 0.1) is 0 Å². The summed E-state index contributed by atoms with van der Waals surface area (Å²) in [6, 6.07) is 11.8. The zero-order valence-electron chi connectivity index (χ0n) is 15.6. The number of aryl methyl sites for hydroxylation is 1. The molecule has 27 heavy (non-hydrogen) atoms. The highest BCUT2D eigenvalue weighted by atomic mass is 16.1. The van der Waals surface area contributed by atoms with Crippen molar-refractivity contribution in [2.75, 3.05) is 11.9 Å². The number of anilines is 1. The topological polar surface area (TPSA) is 59.8 Å². The molecule has 2 heterocycles. The molecule has 4 rings (SSSR count). The van der Waals surface area contributed by atoms with Gasteiger partial charge in [0.1, 0.15) is 0 Å². The van der Waals surface area contributed by atoms with Crippen LogP contribution in [0.25, 0.3) is 32.8 Å². The summed E-state index contributed by atoms with van der Waals surface area (Å²) in [6.45, 7) is 3.07. The maximum atomic E-state index is 13.3. The first-order chi connectivity index (χ1) is 13.2. The van der Waals surface area contributed by atoms with E-state index in [0.29, 0.717) is 16.3 Å². The number of nitrogens with one attached hydrogen (secondary N) is 1. The van der Waals surface area contributed by atoms with Crippen molar-refractivity contribution in [2.45, 2.75) is 19.8 Å². The summed E-state index contributed by atoms with van der Waals surface area (Å²) < 4.78 is 1.74. The maximum Gasteiger partial charge on any atom is 0.195 e. The molecule has 4 aromatic rings. The van der Waals surface area contributed by atoms with Crippen LogP contribution in [0.4, 0.5) is 5.69 Å². The molecule has 0 spiro atoms. The molecule has 0 unspecified atom stereocenters. The molecule has 5 nitrogen and oxygen atoms in total. The third-order valence-corrected chi connectivity index (χ3v) is 4.78. The Bertz CT molecular complexity index is 1180. The zero-order chi connectivity index (χ0) is 18.8. The molecule has 0 amide bonds. The normalized spacial score (nSPS) is 11.2. The van der Waals surface area contributed by atoms with Crippen molar-refractivity contribution < 1.29 is 0 Å². The molecule has 0 radical (unpaired) electrons. The maximum absolute atomic E-state index is 13.3. The second-order valence-corrected chi connectivity index (χ2v) is 6.80. The van der Waals surface area contributed by atoms with Gasteiger partial charge >= 0.3 is 0 Å². The average molecular weight is 358 g/mol. The molecule has 0 atom stereocenters. The highest BCUT2D eigenvalue weighted by Gasteiger charge is 2.08. The Morgan fingerprint density at radius 1 is 1.04 bits per heavy atom. The molecular formula is C22H22N4O. The van der Waals surface area contributed by atoms with E-state index in [-0.39, 0.29) is 5.43 Å². The molecule has 0 bridgehead atoms. The van der Waals surface area contributed by atoms with E-state index in [2.05, 4.69) is 22.3 Å². The van der Waals surface area contributed by atoms with Crippen LogP contribution < -0.4 is 10.7 Å². The van der Waals surface area contributed by atoms with E-state index in [1.807, 2.05) is 49.6 Å². The molecule has 0 saturated carbocycles. The van der Waals surface area contributed by atoms with Gasteiger partial charge in [-0.15, -0.1) is 0 Å². The van der Waals surface area contributed by atoms with Gasteiger partial charge in [0.15, 0.2) is 5.43 Å². The molecule has 2 aromatic heterocycles. The second-order valence-electron chi connectivity index (χ2n) is 6.80. The SMILES string of the molecule is CCCCNc1ccc2ccc3ncc(-c4cnn(C)c4)cc3c(=O)c2c1. The van der Waals surface area contributed by atoms with Gasteiger partial charge < -0.3 is 5.32 Å². The van der Waals surface area contributed by atoms with Crippen LogP contribution in [0.15, 0.2) is 59.8 Å². The standard InChI is InChI=1S/C22H22N4O/c1-3-4-9-23-18-7-5-15-6-8-21-20(22(27)19(15)11-18)10-16(12-24-21)17-13-25-26(2)14-17/h5-8,10-14,23H,3-4,9H2,1-2H3. The molecule has 5 heteroatoms. The van der Waals surface area contributed by atoms with Crippen LogP contribution >= 0.6 is 0 Å². The summed E-state index contributed by atoms with van der Waals surface area (Å²) in [5.74, 6) is 0. The summed E-state index contributed by atoms with van der Waals surface area (Å²) in [7, 11) is 1.87. The third kappa shape index (κ3) is 3.40. The van der Waals surface area contributed by atoms with Crippen LogP contribution in [-0.4, -0.2) is 21.3 Å². The lowest BCUT2D eigenvalue weighted by Crippen LogP contribution is -2.03. The molecule has 0 aliphatic heterocycles. The number of rotatable bonds is 5. The van der Waals surface area contributed by atoms with Crippen molar-refractivity contribution >= 4 is 27.4 Å². The van der Waals surface area contributed by atoms with E-state index >= 15 is 0 Å². The predicted octanol–water partition coefficient (Wildman–Crippen LogP) is 4.36. The minimum absolute atomic E-state index is 0.00221. The van der Waals surface area contributed by atoms with Crippen LogP contribution in [0.2, 0.25) is 0 Å². The highest BCUT2D eigenvalue weighted by molar-refractivity contribution is 5.94. The first kappa shape index (κ1) is 17.2. The molecule has 2 aromatic carbocycles. The van der Waals surface area contributed by atoms with E-state index in [1.54, 1.807) is 17.1 Å². The molecule has 0 aliphatic rings. The first-order valence-electron chi connectivity index (χ1n) is 9.25. The minimum atomic E-state index is 0.00221. The van der Waals surface area contributed by atoms with Crippen LogP contribution in [0.1, 0.15) is 19.8 Å². The molecule has 0 fully saturated rings. The largest absolute Gasteiger partial charge is 0.385 e. The van der Waals surface area contributed by atoms with Gasteiger partial charge in [0.05, 0.1) is 11.7 Å². The minimum Gasteiger partial charge on any atom is -0.385 e. The number of aromatic nitrogens is 3. The van der Waals surface area contributed by atoms with Crippen molar-refractivity contribution in [1.82, 2.24) is 14.8 Å². The number of fused-ring (bicyclic) bond motifs is 2. The lowest BCUT2D eigenvalue weighted by Gasteiger charge is -2.05. The van der Waals surface area contributed by atoms with Gasteiger partial charge in [-0.2, -0.15) is 5.10 Å². The smallest absolute Gasteiger partial charge is 0.195 e. The summed E-state index contributed by atoms with van der Waals surface area (Å²) in [5.41, 5.74) is 3.52. The Labute approximate surface area is 157 Å². The Hall–Kier alpha value is -3.21. The summed E-state index contributed by atoms with van der Waals surface area (Å²) in [6.07, 6.45) is 7.73. The fourth-order valence-electron chi connectivity index (χ4n) is 3.25. The van der Waals surface area contributed by atoms with E-state index in [9.17, 15) is 4.79 Å². The van der Waals surface area contributed by atoms with Crippen molar-refractivity contribution in [3.8, 4) is 11.1 Å². The van der Waals surface area contributed by atoms with Crippen molar-refractivity contribution in [2.24, 2.45) is 7.05 Å². The number of hydrogen-bond donors (Lipinski definition) is 1. The number of benzene rings is 1. The quantitative estimate of drug-likeness (QED) is 0.539. The van der Waals surface area contributed by atoms with Crippen molar-refractivity contribution in [3.05, 3.63) is 65.2 Å². The zero-order valence-corrected chi connectivity index (χ0v) is 15.6. The van der Waals surface area contributed by atoms with Gasteiger partial charge in [-0.05, 0) is 36.1 Å². The summed E-state index contributed by atoms with van der Waals surface area (Å²) in [5, 5.41) is 9.85. The predicted molar refractivity (Wildman–Crippen MR) is 111 cm³/mol. The number of pyridine rings is 1. The summed E-state index contributed by atoms with van der Waals surface area (Å²) in [4.78, 5) is 17.8. The fraction of sp³-hybridized carbons (Fsp3) is 0.227. The van der Waals surface area contributed by atoms with E-state index in [4.69, 9.17) is 0 Å². The van der Waals surface area contributed by atoms with Gasteiger partial charge in [0, 0.05) is 53.6 Å². The van der Waals surface area contributed by atoms with Crippen molar-refractivity contribution in [3.63, 3.8) is 0 Å². The van der Waals surface area contributed by atoms with E-state index in [1.165, 1.54) is 0 Å². The van der Waals surface area contributed by atoms with E-state index < -0.39 is 0 Å². The molecule has 136 valence electrons. The number of unbranched alkanes of at least 4 members (excludes halogenated alkanes) is 1. The monoisotopic (exact) mass is 358 g/mol. The van der Waals surface area contributed by atoms with Crippen LogP contribution in [0.5, 0.6) is 0 Å². The van der Waals surface area contributed by atoms with Crippen LogP contribution in [0.3, 0.4) is 0 Å². The lowest BCUT2D eigenvalue weighted by molar-refractivity contribution is 0.768. The van der Waals surface area contributed by atoms with Gasteiger partial charge in [-0.25, -0.2) is 0 Å². The first-order valence-corrected chi connectivity index (χ1v) is 9.25. The van der Waals surface area contributed by atoms with Gasteiger partial charge in [0.2, 0.25) is 0 Å². The van der Waals surface area contributed by atoms with Gasteiger partial charge in [0.25, 0.3) is 0 Å². The number of nitrogens with zero attached hydrogens (tertiary/aromatic N) is 3. The molecule has 0 saturated heterocycles. The van der Waals surface area contributed by atoms with Gasteiger partial charge in [-0.1, -0.05) is 25.5 Å². The van der Waals surface area contributed by atoms with Crippen molar-refractivity contribution in [1.29, 1.82) is 0 Å². The molecular weight excluding hydrogens is 336 g/mol. The second kappa shape index (κ2) is 7.19. The Morgan fingerprint density at radius 3 is 2.67 bits per heavy atom. The van der Waals surface area contributed by atoms with Crippen LogP contribution in [-0.2, 0) is 7.05 Å². The Morgan fingerprint density at radius 2 is 1.89 bits per heavy atom. The average Bonchev–Trinajstić information content (AvgIpc) is 3.07. The Kier molecular flexibility index (Phi) is 4.59. The molecule has 1 N–H and O–H groups in total. The lowest BCUT2D eigenvalue weighted by atomic mass is 10.1. The highest BCUT2D eigenvalue weighted by Crippen LogP contribution is 2.23.